The zero-order valence-electron chi connectivity index (χ0n) is 11.4. The fourth-order valence-corrected chi connectivity index (χ4v) is 2.60. The molecule has 1 heterocycles. The molecule has 1 saturated heterocycles. The van der Waals surface area contributed by atoms with Crippen molar-refractivity contribution < 1.29 is 19.8 Å². The first kappa shape index (κ1) is 15.6. The number of nitrogens with zero attached hydrogens (tertiary/aromatic N) is 1. The number of carboxylic acid groups (broad SMARTS) is 1. The van der Waals surface area contributed by atoms with Gasteiger partial charge in [0.25, 0.3) is 0 Å². The van der Waals surface area contributed by atoms with E-state index in [9.17, 15) is 9.59 Å². The Balaban J connectivity index is 2.00. The molecule has 0 aromatic heterocycles. The van der Waals surface area contributed by atoms with Gasteiger partial charge in [0.15, 0.2) is 0 Å². The van der Waals surface area contributed by atoms with Crippen LogP contribution in [-0.4, -0.2) is 46.8 Å². The van der Waals surface area contributed by atoms with Gasteiger partial charge in [-0.25, -0.2) is 9.59 Å². The predicted octanol–water partition coefficient (Wildman–Crippen LogP) is 2.27. The SMILES string of the molecule is O=C(O)c1cc(NC(=O)N2CCC(CCO)C2)ccc1Cl. The molecule has 114 valence electrons. The lowest BCUT2D eigenvalue weighted by molar-refractivity contribution is 0.0697. The number of rotatable bonds is 4. The van der Waals surface area contributed by atoms with E-state index in [-0.39, 0.29) is 23.2 Å². The van der Waals surface area contributed by atoms with Gasteiger partial charge in [0, 0.05) is 25.4 Å². The van der Waals surface area contributed by atoms with Crippen LogP contribution in [0.25, 0.3) is 0 Å². The number of aliphatic hydroxyl groups excluding tert-OH is 1. The lowest BCUT2D eigenvalue weighted by Gasteiger charge is -2.17. The van der Waals surface area contributed by atoms with Gasteiger partial charge in [-0.3, -0.25) is 0 Å². The average molecular weight is 313 g/mol. The number of amides is 2. The first-order valence-corrected chi connectivity index (χ1v) is 7.08. The minimum atomic E-state index is -1.14. The molecule has 2 amide bonds. The number of carboxylic acids is 1. The van der Waals surface area contributed by atoms with Crippen molar-refractivity contribution in [2.24, 2.45) is 5.92 Å². The number of urea groups is 1. The number of aromatic carboxylic acids is 1. The molecule has 21 heavy (non-hydrogen) atoms. The monoisotopic (exact) mass is 312 g/mol. The van der Waals surface area contributed by atoms with Crippen LogP contribution >= 0.6 is 11.6 Å². The standard InChI is InChI=1S/C14H17ClN2O4/c15-12-2-1-10(7-11(12)13(19)20)16-14(21)17-5-3-9(8-17)4-6-18/h1-2,7,9,18H,3-6,8H2,(H,16,21)(H,19,20). The van der Waals surface area contributed by atoms with Gasteiger partial charge in [-0.15, -0.1) is 0 Å². The van der Waals surface area contributed by atoms with E-state index in [0.29, 0.717) is 31.1 Å². The van der Waals surface area contributed by atoms with Crippen molar-refractivity contribution in [3.63, 3.8) is 0 Å². The number of likely N-dealkylation sites (tertiary alicyclic amines) is 1. The van der Waals surface area contributed by atoms with E-state index in [0.717, 1.165) is 6.42 Å². The maximum absolute atomic E-state index is 12.1. The second-order valence-electron chi connectivity index (χ2n) is 5.04. The highest BCUT2D eigenvalue weighted by atomic mass is 35.5. The Labute approximate surface area is 127 Å². The van der Waals surface area contributed by atoms with Crippen LogP contribution in [0.2, 0.25) is 5.02 Å². The van der Waals surface area contributed by atoms with Crippen LogP contribution in [0.1, 0.15) is 23.2 Å². The van der Waals surface area contributed by atoms with E-state index >= 15 is 0 Å². The summed E-state index contributed by atoms with van der Waals surface area (Å²) >= 11 is 5.78. The summed E-state index contributed by atoms with van der Waals surface area (Å²) < 4.78 is 0. The number of benzene rings is 1. The first-order valence-electron chi connectivity index (χ1n) is 6.71. The predicted molar refractivity (Wildman–Crippen MR) is 78.8 cm³/mol. The summed E-state index contributed by atoms with van der Waals surface area (Å²) in [7, 11) is 0. The summed E-state index contributed by atoms with van der Waals surface area (Å²) in [6.07, 6.45) is 1.56. The molecule has 7 heteroatoms. The third-order valence-corrected chi connectivity index (χ3v) is 3.89. The molecule has 1 atom stereocenters. The fourth-order valence-electron chi connectivity index (χ4n) is 2.40. The maximum atomic E-state index is 12.1. The first-order chi connectivity index (χ1) is 10.0. The number of carbonyl (C=O) groups is 2. The van der Waals surface area contributed by atoms with Crippen LogP contribution in [-0.2, 0) is 0 Å². The fraction of sp³-hybridized carbons (Fsp3) is 0.429. The quantitative estimate of drug-likeness (QED) is 0.795. The molecule has 0 radical (unpaired) electrons. The summed E-state index contributed by atoms with van der Waals surface area (Å²) in [5.74, 6) is -0.819. The molecule has 0 spiro atoms. The second kappa shape index (κ2) is 6.78. The number of halogens is 1. The maximum Gasteiger partial charge on any atom is 0.337 e. The van der Waals surface area contributed by atoms with Crippen molar-refractivity contribution in [3.8, 4) is 0 Å². The van der Waals surface area contributed by atoms with Gasteiger partial charge in [0.2, 0.25) is 0 Å². The molecule has 1 aromatic rings. The van der Waals surface area contributed by atoms with E-state index in [2.05, 4.69) is 5.32 Å². The van der Waals surface area contributed by atoms with Crippen molar-refractivity contribution in [2.45, 2.75) is 12.8 Å². The molecular formula is C14H17ClN2O4. The van der Waals surface area contributed by atoms with Gasteiger partial charge < -0.3 is 20.4 Å². The minimum absolute atomic E-state index is 0.0472. The van der Waals surface area contributed by atoms with Gasteiger partial charge >= 0.3 is 12.0 Å². The highest BCUT2D eigenvalue weighted by Crippen LogP contribution is 2.23. The van der Waals surface area contributed by atoms with E-state index < -0.39 is 5.97 Å². The van der Waals surface area contributed by atoms with Crippen molar-refractivity contribution in [3.05, 3.63) is 28.8 Å². The normalized spacial score (nSPS) is 17.8. The molecule has 0 aliphatic carbocycles. The lowest BCUT2D eigenvalue weighted by Crippen LogP contribution is -2.33. The highest BCUT2D eigenvalue weighted by Gasteiger charge is 2.25. The van der Waals surface area contributed by atoms with E-state index in [1.54, 1.807) is 11.0 Å². The summed E-state index contributed by atoms with van der Waals surface area (Å²) in [5, 5.41) is 20.7. The lowest BCUT2D eigenvalue weighted by atomic mass is 10.1. The van der Waals surface area contributed by atoms with E-state index in [1.165, 1.54) is 12.1 Å². The van der Waals surface area contributed by atoms with Crippen LogP contribution in [0.3, 0.4) is 0 Å². The Morgan fingerprint density at radius 3 is 2.86 bits per heavy atom. The van der Waals surface area contributed by atoms with Crippen LogP contribution in [0.4, 0.5) is 10.5 Å². The Kier molecular flexibility index (Phi) is 5.03. The molecular weight excluding hydrogens is 296 g/mol. The molecule has 1 aliphatic rings. The minimum Gasteiger partial charge on any atom is -0.478 e. The number of hydrogen-bond donors (Lipinski definition) is 3. The molecule has 1 fully saturated rings. The summed E-state index contributed by atoms with van der Waals surface area (Å²) in [4.78, 5) is 24.8. The van der Waals surface area contributed by atoms with Gasteiger partial charge in [-0.2, -0.15) is 0 Å². The highest BCUT2D eigenvalue weighted by molar-refractivity contribution is 6.33. The molecule has 2 rings (SSSR count). The number of carbonyl (C=O) groups excluding carboxylic acids is 1. The zero-order chi connectivity index (χ0) is 15.4. The van der Waals surface area contributed by atoms with Gasteiger partial charge in [0.1, 0.15) is 0 Å². The van der Waals surface area contributed by atoms with Crippen LogP contribution in [0, 0.1) is 5.92 Å². The smallest absolute Gasteiger partial charge is 0.337 e. The Bertz CT molecular complexity index is 550. The van der Waals surface area contributed by atoms with Crippen LogP contribution in [0.5, 0.6) is 0 Å². The largest absolute Gasteiger partial charge is 0.478 e. The van der Waals surface area contributed by atoms with Crippen molar-refractivity contribution in [1.82, 2.24) is 4.90 Å². The van der Waals surface area contributed by atoms with Crippen molar-refractivity contribution >= 4 is 29.3 Å². The van der Waals surface area contributed by atoms with E-state index in [4.69, 9.17) is 21.8 Å². The summed E-state index contributed by atoms with van der Waals surface area (Å²) in [5.41, 5.74) is 0.349. The van der Waals surface area contributed by atoms with Crippen LogP contribution in [0.15, 0.2) is 18.2 Å². The zero-order valence-corrected chi connectivity index (χ0v) is 12.1. The Morgan fingerprint density at radius 1 is 1.43 bits per heavy atom. The van der Waals surface area contributed by atoms with Gasteiger partial charge in [-0.1, -0.05) is 11.6 Å². The van der Waals surface area contributed by atoms with Gasteiger partial charge in [0.05, 0.1) is 10.6 Å². The Hall–Kier alpha value is -1.79. The topological polar surface area (TPSA) is 89.9 Å². The third kappa shape index (κ3) is 3.86. The molecule has 1 unspecified atom stereocenters. The molecule has 0 saturated carbocycles. The second-order valence-corrected chi connectivity index (χ2v) is 5.45. The Morgan fingerprint density at radius 2 is 2.19 bits per heavy atom. The van der Waals surface area contributed by atoms with E-state index in [1.807, 2.05) is 0 Å². The van der Waals surface area contributed by atoms with Crippen molar-refractivity contribution in [1.29, 1.82) is 0 Å². The van der Waals surface area contributed by atoms with Crippen molar-refractivity contribution in [2.75, 3.05) is 25.0 Å². The van der Waals surface area contributed by atoms with Crippen LogP contribution < -0.4 is 5.32 Å². The number of anilines is 1. The number of aliphatic hydroxyl groups is 1. The molecule has 3 N–H and O–H groups in total. The summed E-state index contributed by atoms with van der Waals surface area (Å²) in [6, 6.07) is 4.07. The number of hydrogen-bond acceptors (Lipinski definition) is 3. The molecule has 0 bridgehead atoms. The molecule has 1 aliphatic heterocycles. The third-order valence-electron chi connectivity index (χ3n) is 3.56. The summed E-state index contributed by atoms with van der Waals surface area (Å²) in [6.45, 7) is 1.36. The number of nitrogens with one attached hydrogen (secondary N) is 1. The molecule has 1 aromatic carbocycles. The molecule has 6 nitrogen and oxygen atoms in total. The average Bonchev–Trinajstić information content (AvgIpc) is 2.90. The van der Waals surface area contributed by atoms with Gasteiger partial charge in [-0.05, 0) is 37.0 Å².